The number of aliphatic carboxylic acids is 2. The number of hydrogen-bond donors (Lipinski definition) is 2. The van der Waals surface area contributed by atoms with Crippen LogP contribution in [0.15, 0.2) is 40.8 Å². The third kappa shape index (κ3) is 6.06. The Balaban J connectivity index is 0.000000312. The summed E-state index contributed by atoms with van der Waals surface area (Å²) in [6.07, 6.45) is -1.19. The van der Waals surface area contributed by atoms with E-state index in [2.05, 4.69) is 20.0 Å². The van der Waals surface area contributed by atoms with Crippen molar-refractivity contribution in [2.75, 3.05) is 31.1 Å². The van der Waals surface area contributed by atoms with Crippen molar-refractivity contribution in [3.05, 3.63) is 42.0 Å². The van der Waals surface area contributed by atoms with Crippen LogP contribution in [0.4, 0.5) is 19.2 Å². The SMILES string of the molecule is FC(F)(F)c1cccc(-c2nnc(N3CCN4CCC3CC4)o2)c1.O=C(O)/C=C/C(=O)O. The van der Waals surface area contributed by atoms with Crippen LogP contribution in [0.1, 0.15) is 18.4 Å². The van der Waals surface area contributed by atoms with Crippen molar-refractivity contribution < 1.29 is 37.4 Å². The summed E-state index contributed by atoms with van der Waals surface area (Å²) >= 11 is 0. The fourth-order valence-electron chi connectivity index (χ4n) is 3.56. The van der Waals surface area contributed by atoms with Gasteiger partial charge in [0.15, 0.2) is 0 Å². The first kappa shape index (κ1) is 23.3. The number of piperidine rings is 1. The maximum Gasteiger partial charge on any atom is 0.416 e. The molecule has 0 spiro atoms. The quantitative estimate of drug-likeness (QED) is 0.672. The first-order valence-electron chi connectivity index (χ1n) is 9.77. The van der Waals surface area contributed by atoms with Crippen molar-refractivity contribution in [3.63, 3.8) is 0 Å². The molecule has 3 aliphatic heterocycles. The van der Waals surface area contributed by atoms with Crippen molar-refractivity contribution in [2.24, 2.45) is 0 Å². The standard InChI is InChI=1S/C16H17F3N4O.C4H4O4/c17-16(18,19)12-3-1-2-11(10-12)14-20-21-15(24-14)23-9-8-22-6-4-13(23)5-7-22;5-3(6)1-2-4(7)8/h1-3,10,13H,4-9H2;1-2H,(H,5,6)(H,7,8)/b;2-1+. The molecule has 4 heterocycles. The summed E-state index contributed by atoms with van der Waals surface area (Å²) in [4.78, 5) is 23.6. The highest BCUT2D eigenvalue weighted by Crippen LogP contribution is 2.33. The molecule has 0 unspecified atom stereocenters. The number of carbonyl (C=O) groups is 2. The van der Waals surface area contributed by atoms with Crippen molar-refractivity contribution in [2.45, 2.75) is 25.1 Å². The van der Waals surface area contributed by atoms with Gasteiger partial charge in [-0.15, -0.1) is 5.10 Å². The second kappa shape index (κ2) is 9.81. The summed E-state index contributed by atoms with van der Waals surface area (Å²) in [7, 11) is 0. The fraction of sp³-hybridized carbons (Fsp3) is 0.400. The molecular weight excluding hydrogens is 433 g/mol. The number of halogens is 3. The van der Waals surface area contributed by atoms with Gasteiger partial charge in [0.25, 0.3) is 0 Å². The van der Waals surface area contributed by atoms with Crippen LogP contribution in [0.3, 0.4) is 0 Å². The van der Waals surface area contributed by atoms with Gasteiger partial charge in [0, 0.05) is 49.9 Å². The van der Waals surface area contributed by atoms with Gasteiger partial charge in [-0.2, -0.15) is 13.2 Å². The lowest BCUT2D eigenvalue weighted by molar-refractivity contribution is -0.137. The molecule has 0 aliphatic carbocycles. The molecule has 12 heteroatoms. The van der Waals surface area contributed by atoms with E-state index in [-0.39, 0.29) is 11.5 Å². The predicted molar refractivity (Wildman–Crippen MR) is 106 cm³/mol. The van der Waals surface area contributed by atoms with Crippen LogP contribution >= 0.6 is 0 Å². The molecule has 172 valence electrons. The third-order valence-electron chi connectivity index (χ3n) is 5.12. The Bertz CT molecular complexity index is 968. The first-order valence-corrected chi connectivity index (χ1v) is 9.77. The van der Waals surface area contributed by atoms with Crippen LogP contribution in [0.25, 0.3) is 11.5 Å². The number of fused-ring (bicyclic) bond motifs is 4. The molecule has 0 atom stereocenters. The normalized spacial score (nSPS) is 20.5. The zero-order chi connectivity index (χ0) is 23.3. The van der Waals surface area contributed by atoms with Gasteiger partial charge in [0.2, 0.25) is 5.89 Å². The molecule has 1 aromatic heterocycles. The number of carboxylic acid groups (broad SMARTS) is 2. The largest absolute Gasteiger partial charge is 0.478 e. The van der Waals surface area contributed by atoms with E-state index >= 15 is 0 Å². The second-order valence-electron chi connectivity index (χ2n) is 7.24. The van der Waals surface area contributed by atoms with Gasteiger partial charge in [0.05, 0.1) is 5.56 Å². The number of rotatable bonds is 4. The zero-order valence-electron chi connectivity index (χ0n) is 16.8. The Morgan fingerprint density at radius 3 is 2.28 bits per heavy atom. The Labute approximate surface area is 180 Å². The van der Waals surface area contributed by atoms with Crippen LogP contribution in [0.2, 0.25) is 0 Å². The minimum atomic E-state index is -4.39. The van der Waals surface area contributed by atoms with Gasteiger partial charge < -0.3 is 24.4 Å². The molecule has 2 N–H and O–H groups in total. The van der Waals surface area contributed by atoms with Crippen LogP contribution in [-0.4, -0.2) is 69.5 Å². The third-order valence-corrected chi connectivity index (χ3v) is 5.12. The molecular formula is C20H21F3N4O5. The molecule has 0 saturated carbocycles. The van der Waals surface area contributed by atoms with E-state index in [9.17, 15) is 22.8 Å². The van der Waals surface area contributed by atoms with Crippen molar-refractivity contribution >= 4 is 18.0 Å². The summed E-state index contributed by atoms with van der Waals surface area (Å²) in [5, 5.41) is 23.7. The van der Waals surface area contributed by atoms with Crippen LogP contribution < -0.4 is 4.90 Å². The topological polar surface area (TPSA) is 120 Å². The molecule has 3 saturated heterocycles. The monoisotopic (exact) mass is 454 g/mol. The van der Waals surface area contributed by atoms with E-state index < -0.39 is 23.7 Å². The lowest BCUT2D eigenvalue weighted by Crippen LogP contribution is -2.38. The highest BCUT2D eigenvalue weighted by atomic mass is 19.4. The number of aromatic nitrogens is 2. The minimum absolute atomic E-state index is 0.121. The summed E-state index contributed by atoms with van der Waals surface area (Å²) in [5.41, 5.74) is -0.438. The maximum absolute atomic E-state index is 12.8. The smallest absolute Gasteiger partial charge is 0.416 e. The molecule has 2 aromatic rings. The van der Waals surface area contributed by atoms with E-state index in [1.54, 1.807) is 6.07 Å². The van der Waals surface area contributed by atoms with Crippen LogP contribution in [0, 0.1) is 0 Å². The van der Waals surface area contributed by atoms with Crippen molar-refractivity contribution in [1.82, 2.24) is 15.1 Å². The molecule has 0 amide bonds. The molecule has 1 aromatic carbocycles. The van der Waals surface area contributed by atoms with Crippen LogP contribution in [-0.2, 0) is 15.8 Å². The minimum Gasteiger partial charge on any atom is -0.478 e. The zero-order valence-corrected chi connectivity index (χ0v) is 16.8. The van der Waals surface area contributed by atoms with Gasteiger partial charge >= 0.3 is 24.1 Å². The highest BCUT2D eigenvalue weighted by molar-refractivity contribution is 5.89. The van der Waals surface area contributed by atoms with Crippen molar-refractivity contribution in [1.29, 1.82) is 0 Å². The summed E-state index contributed by atoms with van der Waals surface area (Å²) in [5.74, 6) is -2.39. The van der Waals surface area contributed by atoms with Crippen LogP contribution in [0.5, 0.6) is 0 Å². The highest BCUT2D eigenvalue weighted by Gasteiger charge is 2.33. The van der Waals surface area contributed by atoms with E-state index in [1.165, 1.54) is 6.07 Å². The molecule has 2 bridgehead atoms. The van der Waals surface area contributed by atoms with E-state index in [0.29, 0.717) is 24.2 Å². The van der Waals surface area contributed by atoms with Gasteiger partial charge in [-0.1, -0.05) is 11.2 Å². The summed E-state index contributed by atoms with van der Waals surface area (Å²) < 4.78 is 44.2. The Kier molecular flexibility index (Phi) is 7.13. The Hall–Kier alpha value is -3.41. The molecule has 3 aliphatic rings. The first-order chi connectivity index (χ1) is 15.1. The number of carboxylic acids is 2. The Morgan fingerprint density at radius 1 is 1.03 bits per heavy atom. The van der Waals surface area contributed by atoms with E-state index in [1.807, 2.05) is 0 Å². The van der Waals surface area contributed by atoms with E-state index in [4.69, 9.17) is 14.6 Å². The Morgan fingerprint density at radius 2 is 1.69 bits per heavy atom. The molecule has 0 radical (unpaired) electrons. The number of nitrogens with zero attached hydrogens (tertiary/aromatic N) is 4. The molecule has 3 fully saturated rings. The lowest BCUT2D eigenvalue weighted by Gasteiger charge is -2.29. The number of anilines is 1. The van der Waals surface area contributed by atoms with Gasteiger partial charge in [-0.05, 0) is 31.0 Å². The van der Waals surface area contributed by atoms with Gasteiger partial charge in [0.1, 0.15) is 0 Å². The maximum atomic E-state index is 12.8. The number of alkyl halides is 3. The summed E-state index contributed by atoms with van der Waals surface area (Å²) in [6.45, 7) is 3.87. The lowest BCUT2D eigenvalue weighted by atomic mass is 10.1. The second-order valence-corrected chi connectivity index (χ2v) is 7.24. The van der Waals surface area contributed by atoms with E-state index in [0.717, 1.165) is 51.2 Å². The molecule has 32 heavy (non-hydrogen) atoms. The fourth-order valence-corrected chi connectivity index (χ4v) is 3.56. The molecule has 9 nitrogen and oxygen atoms in total. The predicted octanol–water partition coefficient (Wildman–Crippen LogP) is 2.75. The number of benzene rings is 1. The number of hydrogen-bond acceptors (Lipinski definition) is 7. The summed E-state index contributed by atoms with van der Waals surface area (Å²) in [6, 6.07) is 5.73. The molecule has 5 rings (SSSR count). The average Bonchev–Trinajstić information content (AvgIpc) is 3.04. The van der Waals surface area contributed by atoms with Gasteiger partial charge in [-0.25, -0.2) is 9.59 Å². The average molecular weight is 454 g/mol. The van der Waals surface area contributed by atoms with Crippen molar-refractivity contribution in [3.8, 4) is 11.5 Å². The van der Waals surface area contributed by atoms with Gasteiger partial charge in [-0.3, -0.25) is 0 Å².